The van der Waals surface area contributed by atoms with Crippen LogP contribution in [-0.2, 0) is 22.6 Å². The second-order valence-corrected chi connectivity index (χ2v) is 3.77. The maximum absolute atomic E-state index is 11.9. The quantitative estimate of drug-likeness (QED) is 0.695. The first-order chi connectivity index (χ1) is 8.20. The minimum absolute atomic E-state index is 0.0251. The summed E-state index contributed by atoms with van der Waals surface area (Å²) in [6, 6.07) is 3.68. The van der Waals surface area contributed by atoms with Gasteiger partial charge in [0.25, 0.3) is 5.56 Å². The van der Waals surface area contributed by atoms with Crippen molar-refractivity contribution in [1.29, 1.82) is 0 Å². The van der Waals surface area contributed by atoms with E-state index in [0.717, 1.165) is 5.69 Å². The number of pyridine rings is 1. The standard InChI is InChI=1S/C12H20N2O3/c1-10-3-4-11(9-13)12(15)14(10)5-6-17-8-7-16-2/h3-4H,5-9,13H2,1-2H3. The van der Waals surface area contributed by atoms with Gasteiger partial charge in [-0.1, -0.05) is 6.07 Å². The lowest BCUT2D eigenvalue weighted by Crippen LogP contribution is -2.28. The molecule has 17 heavy (non-hydrogen) atoms. The molecule has 2 N–H and O–H groups in total. The van der Waals surface area contributed by atoms with Crippen molar-refractivity contribution in [2.24, 2.45) is 5.73 Å². The number of rotatable bonds is 7. The summed E-state index contributed by atoms with van der Waals surface area (Å²) in [5.74, 6) is 0. The SMILES string of the molecule is COCCOCCn1c(C)ccc(CN)c1=O. The molecule has 1 heterocycles. The number of hydrogen-bond donors (Lipinski definition) is 1. The number of nitrogens with two attached hydrogens (primary N) is 1. The van der Waals surface area contributed by atoms with Crippen molar-refractivity contribution in [3.63, 3.8) is 0 Å². The maximum Gasteiger partial charge on any atom is 0.255 e. The first-order valence-corrected chi connectivity index (χ1v) is 5.66. The van der Waals surface area contributed by atoms with E-state index >= 15 is 0 Å². The molecule has 0 spiro atoms. The largest absolute Gasteiger partial charge is 0.382 e. The van der Waals surface area contributed by atoms with Crippen LogP contribution in [0.2, 0.25) is 0 Å². The van der Waals surface area contributed by atoms with Crippen molar-refractivity contribution in [1.82, 2.24) is 4.57 Å². The van der Waals surface area contributed by atoms with Crippen LogP contribution in [0, 0.1) is 6.92 Å². The molecule has 96 valence electrons. The van der Waals surface area contributed by atoms with Gasteiger partial charge in [0.15, 0.2) is 0 Å². The van der Waals surface area contributed by atoms with Crippen LogP contribution < -0.4 is 11.3 Å². The topological polar surface area (TPSA) is 66.5 Å². The molecule has 0 radical (unpaired) electrons. The lowest BCUT2D eigenvalue weighted by Gasteiger charge is -2.11. The molecule has 0 fully saturated rings. The van der Waals surface area contributed by atoms with Crippen LogP contribution in [0.15, 0.2) is 16.9 Å². The van der Waals surface area contributed by atoms with Gasteiger partial charge in [0.2, 0.25) is 0 Å². The third-order valence-corrected chi connectivity index (χ3v) is 2.58. The highest BCUT2D eigenvalue weighted by Gasteiger charge is 2.04. The minimum Gasteiger partial charge on any atom is -0.382 e. The van der Waals surface area contributed by atoms with E-state index in [1.165, 1.54) is 0 Å². The maximum atomic E-state index is 11.9. The Morgan fingerprint density at radius 3 is 2.71 bits per heavy atom. The summed E-state index contributed by atoms with van der Waals surface area (Å²) in [5.41, 5.74) is 7.03. The van der Waals surface area contributed by atoms with Crippen molar-refractivity contribution in [2.45, 2.75) is 20.0 Å². The van der Waals surface area contributed by atoms with E-state index < -0.39 is 0 Å². The summed E-state index contributed by atoms with van der Waals surface area (Å²) in [4.78, 5) is 11.9. The van der Waals surface area contributed by atoms with Gasteiger partial charge in [0.1, 0.15) is 0 Å². The highest BCUT2D eigenvalue weighted by molar-refractivity contribution is 5.15. The van der Waals surface area contributed by atoms with Crippen molar-refractivity contribution in [3.05, 3.63) is 33.7 Å². The van der Waals surface area contributed by atoms with Crippen LogP contribution in [0.1, 0.15) is 11.3 Å². The van der Waals surface area contributed by atoms with Gasteiger partial charge in [-0.15, -0.1) is 0 Å². The van der Waals surface area contributed by atoms with Crippen molar-refractivity contribution < 1.29 is 9.47 Å². The molecule has 0 amide bonds. The zero-order chi connectivity index (χ0) is 12.7. The molecule has 5 heteroatoms. The van der Waals surface area contributed by atoms with E-state index in [2.05, 4.69) is 0 Å². The van der Waals surface area contributed by atoms with E-state index in [9.17, 15) is 4.79 Å². The Kier molecular flexibility index (Phi) is 5.90. The molecule has 0 aliphatic carbocycles. The van der Waals surface area contributed by atoms with E-state index in [1.807, 2.05) is 13.0 Å². The van der Waals surface area contributed by atoms with Crippen LogP contribution in [0.5, 0.6) is 0 Å². The van der Waals surface area contributed by atoms with Crippen LogP contribution in [-0.4, -0.2) is 31.5 Å². The summed E-state index contributed by atoms with van der Waals surface area (Å²) in [6.07, 6.45) is 0. The second-order valence-electron chi connectivity index (χ2n) is 3.77. The Morgan fingerprint density at radius 2 is 2.06 bits per heavy atom. The molecule has 0 aromatic carbocycles. The van der Waals surface area contributed by atoms with Crippen LogP contribution in [0.4, 0.5) is 0 Å². The molecule has 0 aliphatic rings. The molecule has 0 atom stereocenters. The van der Waals surface area contributed by atoms with Gasteiger partial charge < -0.3 is 19.8 Å². The smallest absolute Gasteiger partial charge is 0.255 e. The molecular weight excluding hydrogens is 220 g/mol. The molecule has 1 rings (SSSR count). The molecule has 0 unspecified atom stereocenters. The summed E-state index contributed by atoms with van der Waals surface area (Å²) >= 11 is 0. The van der Waals surface area contributed by atoms with E-state index in [1.54, 1.807) is 17.7 Å². The van der Waals surface area contributed by atoms with E-state index in [-0.39, 0.29) is 12.1 Å². The van der Waals surface area contributed by atoms with Crippen molar-refractivity contribution in [3.8, 4) is 0 Å². The molecular formula is C12H20N2O3. The predicted molar refractivity (Wildman–Crippen MR) is 66.0 cm³/mol. The Labute approximate surface area is 101 Å². The van der Waals surface area contributed by atoms with Crippen LogP contribution >= 0.6 is 0 Å². The molecule has 1 aromatic heterocycles. The number of methoxy groups -OCH3 is 1. The van der Waals surface area contributed by atoms with Gasteiger partial charge in [-0.2, -0.15) is 0 Å². The number of hydrogen-bond acceptors (Lipinski definition) is 4. The van der Waals surface area contributed by atoms with Crippen LogP contribution in [0.3, 0.4) is 0 Å². The highest BCUT2D eigenvalue weighted by Crippen LogP contribution is 1.98. The Morgan fingerprint density at radius 1 is 1.29 bits per heavy atom. The number of nitrogens with zero attached hydrogens (tertiary/aromatic N) is 1. The Balaban J connectivity index is 2.61. The average molecular weight is 240 g/mol. The lowest BCUT2D eigenvalue weighted by atomic mass is 10.2. The third-order valence-electron chi connectivity index (χ3n) is 2.58. The lowest BCUT2D eigenvalue weighted by molar-refractivity contribution is 0.0660. The van der Waals surface area contributed by atoms with Crippen molar-refractivity contribution in [2.75, 3.05) is 26.9 Å². The fourth-order valence-corrected chi connectivity index (χ4v) is 1.55. The Hall–Kier alpha value is -1.17. The highest BCUT2D eigenvalue weighted by atomic mass is 16.5. The number of ether oxygens (including phenoxy) is 2. The van der Waals surface area contributed by atoms with Gasteiger partial charge >= 0.3 is 0 Å². The first kappa shape index (κ1) is 13.9. The van der Waals surface area contributed by atoms with E-state index in [4.69, 9.17) is 15.2 Å². The monoisotopic (exact) mass is 240 g/mol. The first-order valence-electron chi connectivity index (χ1n) is 5.66. The van der Waals surface area contributed by atoms with E-state index in [0.29, 0.717) is 31.9 Å². The predicted octanol–water partition coefficient (Wildman–Crippen LogP) is 0.278. The van der Waals surface area contributed by atoms with Gasteiger partial charge in [0.05, 0.1) is 19.8 Å². The minimum atomic E-state index is -0.0251. The molecule has 0 aliphatic heterocycles. The normalized spacial score (nSPS) is 10.8. The van der Waals surface area contributed by atoms with Gasteiger partial charge in [-0.05, 0) is 13.0 Å². The molecule has 0 saturated heterocycles. The third kappa shape index (κ3) is 3.96. The molecule has 0 saturated carbocycles. The number of aromatic nitrogens is 1. The van der Waals surface area contributed by atoms with Gasteiger partial charge in [-0.25, -0.2) is 0 Å². The zero-order valence-electron chi connectivity index (χ0n) is 10.4. The fraction of sp³-hybridized carbons (Fsp3) is 0.583. The summed E-state index contributed by atoms with van der Waals surface area (Å²) in [6.45, 7) is 4.32. The van der Waals surface area contributed by atoms with Gasteiger partial charge in [0, 0.05) is 31.5 Å². The fourth-order valence-electron chi connectivity index (χ4n) is 1.55. The van der Waals surface area contributed by atoms with Crippen LogP contribution in [0.25, 0.3) is 0 Å². The average Bonchev–Trinajstić information content (AvgIpc) is 2.33. The summed E-state index contributed by atoms with van der Waals surface area (Å²) in [5, 5.41) is 0. The zero-order valence-corrected chi connectivity index (χ0v) is 10.4. The summed E-state index contributed by atoms with van der Waals surface area (Å²) in [7, 11) is 1.63. The molecule has 1 aromatic rings. The van der Waals surface area contributed by atoms with Gasteiger partial charge in [-0.3, -0.25) is 4.79 Å². The molecule has 0 bridgehead atoms. The summed E-state index contributed by atoms with van der Waals surface area (Å²) < 4.78 is 11.9. The Bertz CT molecular complexity index is 401. The number of aryl methyl sites for hydroxylation is 1. The van der Waals surface area contributed by atoms with Crippen molar-refractivity contribution >= 4 is 0 Å². The molecule has 5 nitrogen and oxygen atoms in total. The second kappa shape index (κ2) is 7.21.